The molecular weight excluding hydrogens is 262 g/mol. The van der Waals surface area contributed by atoms with Gasteiger partial charge in [0.1, 0.15) is 12.4 Å². The zero-order chi connectivity index (χ0) is 14.5. The molecule has 0 spiro atoms. The first-order valence-corrected chi connectivity index (χ1v) is 8.21. The van der Waals surface area contributed by atoms with Gasteiger partial charge in [0.15, 0.2) is 9.84 Å². The van der Waals surface area contributed by atoms with Gasteiger partial charge in [-0.1, -0.05) is 26.0 Å². The van der Waals surface area contributed by atoms with Gasteiger partial charge in [0.2, 0.25) is 0 Å². The van der Waals surface area contributed by atoms with Crippen LogP contribution in [-0.2, 0) is 16.4 Å². The molecule has 4 nitrogen and oxygen atoms in total. The van der Waals surface area contributed by atoms with Gasteiger partial charge in [-0.25, -0.2) is 8.42 Å². The van der Waals surface area contributed by atoms with Gasteiger partial charge in [0.25, 0.3) is 0 Å². The molecule has 1 rings (SSSR count). The number of benzene rings is 1. The third kappa shape index (κ3) is 4.84. The second-order valence-electron chi connectivity index (χ2n) is 5.02. The summed E-state index contributed by atoms with van der Waals surface area (Å²) < 4.78 is 29.5. The van der Waals surface area contributed by atoms with E-state index in [1.54, 1.807) is 13.0 Å². The van der Waals surface area contributed by atoms with E-state index in [1.807, 2.05) is 32.0 Å². The zero-order valence-corrected chi connectivity index (χ0v) is 12.6. The van der Waals surface area contributed by atoms with Crippen molar-refractivity contribution in [3.05, 3.63) is 29.8 Å². The van der Waals surface area contributed by atoms with Crippen LogP contribution in [0.5, 0.6) is 5.75 Å². The van der Waals surface area contributed by atoms with Crippen LogP contribution in [0, 0.1) is 5.92 Å². The van der Waals surface area contributed by atoms with Crippen molar-refractivity contribution in [2.75, 3.05) is 12.4 Å². The van der Waals surface area contributed by atoms with E-state index in [4.69, 9.17) is 10.5 Å². The largest absolute Gasteiger partial charge is 0.493 e. The summed E-state index contributed by atoms with van der Waals surface area (Å²) in [5.41, 5.74) is 6.51. The third-order valence-corrected chi connectivity index (χ3v) is 5.69. The Bertz CT molecular complexity index is 497. The molecule has 0 heterocycles. The summed E-state index contributed by atoms with van der Waals surface area (Å²) in [4.78, 5) is 0. The molecule has 2 N–H and O–H groups in total. The second-order valence-corrected chi connectivity index (χ2v) is 7.49. The molecule has 0 fully saturated rings. The highest BCUT2D eigenvalue weighted by molar-refractivity contribution is 7.92. The fourth-order valence-electron chi connectivity index (χ4n) is 1.64. The molecule has 5 heteroatoms. The quantitative estimate of drug-likeness (QED) is 0.831. The van der Waals surface area contributed by atoms with Crippen molar-refractivity contribution in [1.82, 2.24) is 0 Å². The van der Waals surface area contributed by atoms with Crippen LogP contribution in [0.15, 0.2) is 24.3 Å². The predicted molar refractivity (Wildman–Crippen MR) is 77.9 cm³/mol. The molecule has 108 valence electrons. The summed E-state index contributed by atoms with van der Waals surface area (Å²) in [7, 11) is -3.10. The maximum absolute atomic E-state index is 12.0. The Morgan fingerprint density at radius 1 is 1.26 bits per heavy atom. The molecule has 0 radical (unpaired) electrons. The minimum atomic E-state index is -3.10. The molecule has 0 aromatic heterocycles. The van der Waals surface area contributed by atoms with Gasteiger partial charge in [0.05, 0.1) is 11.0 Å². The number of hydrogen-bond donors (Lipinski definition) is 1. The molecule has 1 aromatic rings. The molecule has 19 heavy (non-hydrogen) atoms. The van der Waals surface area contributed by atoms with E-state index < -0.39 is 9.84 Å². The molecule has 0 aliphatic heterocycles. The van der Waals surface area contributed by atoms with Gasteiger partial charge < -0.3 is 10.5 Å². The minimum Gasteiger partial charge on any atom is -0.493 e. The Balaban J connectivity index is 2.54. The first-order valence-electron chi connectivity index (χ1n) is 6.50. The molecule has 1 unspecified atom stereocenters. The lowest BCUT2D eigenvalue weighted by molar-refractivity contribution is 0.339. The minimum absolute atomic E-state index is 0.0409. The Kier molecular flexibility index (Phi) is 5.82. The van der Waals surface area contributed by atoms with Gasteiger partial charge in [0, 0.05) is 6.54 Å². The first kappa shape index (κ1) is 16.0. The summed E-state index contributed by atoms with van der Waals surface area (Å²) in [5, 5.41) is -0.341. The van der Waals surface area contributed by atoms with E-state index >= 15 is 0 Å². The van der Waals surface area contributed by atoms with E-state index in [1.165, 1.54) is 0 Å². The van der Waals surface area contributed by atoms with Crippen LogP contribution in [0.2, 0.25) is 0 Å². The van der Waals surface area contributed by atoms with Crippen LogP contribution in [0.3, 0.4) is 0 Å². The zero-order valence-electron chi connectivity index (χ0n) is 11.8. The van der Waals surface area contributed by atoms with Crippen LogP contribution in [-0.4, -0.2) is 26.0 Å². The van der Waals surface area contributed by atoms with Gasteiger partial charge in [-0.15, -0.1) is 0 Å². The monoisotopic (exact) mass is 285 g/mol. The third-order valence-electron chi connectivity index (χ3n) is 3.28. The average Bonchev–Trinajstić information content (AvgIpc) is 2.37. The Labute approximate surface area is 115 Å². The lowest BCUT2D eigenvalue weighted by Crippen LogP contribution is -2.28. The van der Waals surface area contributed by atoms with Crippen molar-refractivity contribution in [3.8, 4) is 5.75 Å². The Morgan fingerprint density at radius 2 is 1.95 bits per heavy atom. The van der Waals surface area contributed by atoms with Gasteiger partial charge in [-0.05, 0) is 30.5 Å². The number of hydrogen-bond acceptors (Lipinski definition) is 4. The van der Waals surface area contributed by atoms with E-state index in [-0.39, 0.29) is 23.5 Å². The molecule has 1 atom stereocenters. The number of sulfone groups is 1. The number of nitrogens with two attached hydrogens (primary N) is 1. The first-order chi connectivity index (χ1) is 8.86. The fourth-order valence-corrected chi connectivity index (χ4v) is 3.16. The summed E-state index contributed by atoms with van der Waals surface area (Å²) >= 11 is 0. The SMILES string of the molecule is CC(C)C(C)S(=O)(=O)CCOc1cccc(CN)c1. The van der Waals surface area contributed by atoms with Crippen LogP contribution < -0.4 is 10.5 Å². The number of rotatable bonds is 7. The molecular formula is C14H23NO3S. The van der Waals surface area contributed by atoms with Crippen molar-refractivity contribution in [3.63, 3.8) is 0 Å². The molecule has 0 saturated carbocycles. The number of ether oxygens (including phenoxy) is 1. The van der Waals surface area contributed by atoms with Crippen LogP contribution in [0.1, 0.15) is 26.3 Å². The van der Waals surface area contributed by atoms with E-state index in [0.29, 0.717) is 12.3 Å². The Morgan fingerprint density at radius 3 is 2.53 bits per heavy atom. The topological polar surface area (TPSA) is 69.4 Å². The summed E-state index contributed by atoms with van der Waals surface area (Å²) in [6.45, 7) is 6.18. The van der Waals surface area contributed by atoms with Crippen molar-refractivity contribution in [1.29, 1.82) is 0 Å². The smallest absolute Gasteiger partial charge is 0.156 e. The van der Waals surface area contributed by atoms with Crippen molar-refractivity contribution in [2.24, 2.45) is 11.7 Å². The van der Waals surface area contributed by atoms with Crippen LogP contribution in [0.25, 0.3) is 0 Å². The van der Waals surface area contributed by atoms with Gasteiger partial charge in [-0.2, -0.15) is 0 Å². The van der Waals surface area contributed by atoms with Crippen LogP contribution in [0.4, 0.5) is 0 Å². The second kappa shape index (κ2) is 6.91. The normalized spacial score (nSPS) is 13.5. The highest BCUT2D eigenvalue weighted by Crippen LogP contribution is 2.15. The molecule has 0 bridgehead atoms. The molecule has 0 saturated heterocycles. The molecule has 0 aliphatic rings. The highest BCUT2D eigenvalue weighted by atomic mass is 32.2. The fraction of sp³-hybridized carbons (Fsp3) is 0.571. The average molecular weight is 285 g/mol. The maximum atomic E-state index is 12.0. The van der Waals surface area contributed by atoms with E-state index in [9.17, 15) is 8.42 Å². The lowest BCUT2D eigenvalue weighted by Gasteiger charge is -2.16. The molecule has 0 amide bonds. The van der Waals surface area contributed by atoms with Gasteiger partial charge >= 0.3 is 0 Å². The van der Waals surface area contributed by atoms with E-state index in [2.05, 4.69) is 0 Å². The van der Waals surface area contributed by atoms with Crippen molar-refractivity contribution < 1.29 is 13.2 Å². The molecule has 1 aromatic carbocycles. The van der Waals surface area contributed by atoms with Crippen molar-refractivity contribution in [2.45, 2.75) is 32.6 Å². The molecule has 0 aliphatic carbocycles. The standard InChI is InChI=1S/C14H23NO3S/c1-11(2)12(3)19(16,17)8-7-18-14-6-4-5-13(9-14)10-15/h4-6,9,11-12H,7-8,10,15H2,1-3H3. The predicted octanol–water partition coefficient (Wildman–Crippen LogP) is 1.98. The van der Waals surface area contributed by atoms with Crippen LogP contribution >= 0.6 is 0 Å². The lowest BCUT2D eigenvalue weighted by atomic mass is 10.2. The summed E-state index contributed by atoms with van der Waals surface area (Å²) in [6, 6.07) is 7.39. The van der Waals surface area contributed by atoms with Gasteiger partial charge in [-0.3, -0.25) is 0 Å². The Hall–Kier alpha value is -1.07. The summed E-state index contributed by atoms with van der Waals surface area (Å²) in [6.07, 6.45) is 0. The summed E-state index contributed by atoms with van der Waals surface area (Å²) in [5.74, 6) is 0.820. The maximum Gasteiger partial charge on any atom is 0.156 e. The van der Waals surface area contributed by atoms with E-state index in [0.717, 1.165) is 5.56 Å². The van der Waals surface area contributed by atoms with Crippen molar-refractivity contribution >= 4 is 9.84 Å². The highest BCUT2D eigenvalue weighted by Gasteiger charge is 2.23.